The van der Waals surface area contributed by atoms with E-state index in [-0.39, 0.29) is 12.0 Å². The first-order chi connectivity index (χ1) is 28.3. The fraction of sp³-hybridized carbons (Fsp3) is 0.0385. The SMILES string of the molecule is C1=CC2c3ccc4oc5ccc6c7c5c4c3n(c3cccc(c73)n6-c3nc(-c4c5ccccc5c(-c5ccccc5)c5ccccc45)c4ccccc4n3)C2C=C1. The lowest BCUT2D eigenvalue weighted by molar-refractivity contribution is 0.614. The Kier molecular flexibility index (Phi) is 5.55. The smallest absolute Gasteiger partial charge is 0.235 e. The van der Waals surface area contributed by atoms with Gasteiger partial charge in [-0.15, -0.1) is 0 Å². The predicted molar refractivity (Wildman–Crippen MR) is 234 cm³/mol. The van der Waals surface area contributed by atoms with Gasteiger partial charge in [0.2, 0.25) is 5.95 Å². The Hall–Kier alpha value is -7.50. The third kappa shape index (κ3) is 3.69. The predicted octanol–water partition coefficient (Wildman–Crippen LogP) is 13.4. The highest BCUT2D eigenvalue weighted by Crippen LogP contribution is 2.53. The number of furan rings is 1. The zero-order chi connectivity index (χ0) is 36.9. The lowest BCUT2D eigenvalue weighted by Crippen LogP contribution is -2.09. The van der Waals surface area contributed by atoms with Gasteiger partial charge in [-0.05, 0) is 74.6 Å². The lowest BCUT2D eigenvalue weighted by Gasteiger charge is -2.20. The molecule has 2 atom stereocenters. The Morgan fingerprint density at radius 2 is 1.12 bits per heavy atom. The lowest BCUT2D eigenvalue weighted by atomic mass is 9.86. The zero-order valence-corrected chi connectivity index (χ0v) is 30.5. The average molecular weight is 727 g/mol. The van der Waals surface area contributed by atoms with Crippen LogP contribution in [-0.4, -0.2) is 19.1 Å². The molecule has 1 aliphatic carbocycles. The summed E-state index contributed by atoms with van der Waals surface area (Å²) < 4.78 is 11.5. The summed E-state index contributed by atoms with van der Waals surface area (Å²) in [5.74, 6) is 0.913. The Morgan fingerprint density at radius 1 is 0.474 bits per heavy atom. The Balaban J connectivity index is 1.14. The standard InChI is InChI=1S/C52H30N4O/c1-2-13-29(14-3-1)44-31-16-4-6-18-33(31)45(34-19-7-5-17-32(34)44)50-36-20-8-10-21-37(36)53-52(54-50)56-40-24-12-23-39-46(40)47-41(56)26-28-42-48(47)49-43(57-42)27-25-35-30-15-9-11-22-38(30)55(39)51(35)49/h1-28,30,38H. The van der Waals surface area contributed by atoms with Crippen LogP contribution in [0.3, 0.4) is 0 Å². The van der Waals surface area contributed by atoms with Crippen molar-refractivity contribution in [2.75, 3.05) is 0 Å². The maximum absolute atomic E-state index is 6.67. The number of fused-ring (bicyclic) bond motifs is 7. The number of hydrogen-bond acceptors (Lipinski definition) is 3. The van der Waals surface area contributed by atoms with E-state index in [4.69, 9.17) is 14.4 Å². The van der Waals surface area contributed by atoms with Crippen LogP contribution < -0.4 is 0 Å². The Morgan fingerprint density at radius 3 is 1.93 bits per heavy atom. The van der Waals surface area contributed by atoms with Crippen LogP contribution in [0.25, 0.3) is 116 Å². The number of allylic oxidation sites excluding steroid dienone is 4. The van der Waals surface area contributed by atoms with E-state index in [0.29, 0.717) is 5.95 Å². The van der Waals surface area contributed by atoms with Crippen molar-refractivity contribution in [3.05, 3.63) is 175 Å². The van der Waals surface area contributed by atoms with Crippen LogP contribution in [-0.2, 0) is 0 Å². The van der Waals surface area contributed by atoms with Gasteiger partial charge in [0.25, 0.3) is 0 Å². The van der Waals surface area contributed by atoms with Gasteiger partial charge in [-0.25, -0.2) is 9.97 Å². The molecule has 0 bridgehead atoms. The molecule has 0 N–H and O–H groups in total. The molecule has 8 aromatic carbocycles. The van der Waals surface area contributed by atoms with Crippen molar-refractivity contribution in [2.45, 2.75) is 12.0 Å². The quantitative estimate of drug-likeness (QED) is 0.170. The van der Waals surface area contributed by atoms with E-state index in [9.17, 15) is 0 Å². The van der Waals surface area contributed by atoms with Gasteiger partial charge < -0.3 is 8.98 Å². The normalized spacial score (nSPS) is 16.3. The molecule has 2 unspecified atom stereocenters. The van der Waals surface area contributed by atoms with Gasteiger partial charge in [-0.2, -0.15) is 0 Å². The van der Waals surface area contributed by atoms with Gasteiger partial charge in [-0.3, -0.25) is 4.57 Å². The van der Waals surface area contributed by atoms with E-state index in [1.807, 2.05) is 0 Å². The summed E-state index contributed by atoms with van der Waals surface area (Å²) in [5, 5.41) is 10.5. The zero-order valence-electron chi connectivity index (χ0n) is 30.5. The molecular weight excluding hydrogens is 697 g/mol. The van der Waals surface area contributed by atoms with Gasteiger partial charge in [0, 0.05) is 33.0 Å². The van der Waals surface area contributed by atoms with Gasteiger partial charge in [0.05, 0.1) is 44.7 Å². The molecule has 0 amide bonds. The van der Waals surface area contributed by atoms with Crippen LogP contribution >= 0.6 is 0 Å². The molecule has 5 heterocycles. The van der Waals surface area contributed by atoms with E-state index in [2.05, 4.69) is 179 Å². The molecule has 2 aliphatic rings. The largest absolute Gasteiger partial charge is 0.456 e. The van der Waals surface area contributed by atoms with Crippen LogP contribution in [0.5, 0.6) is 0 Å². The second-order valence-electron chi connectivity index (χ2n) is 15.6. The molecular formula is C52H30N4O. The molecule has 5 nitrogen and oxygen atoms in total. The minimum Gasteiger partial charge on any atom is -0.456 e. The first kappa shape index (κ1) is 29.8. The number of rotatable bonds is 3. The minimum absolute atomic E-state index is 0.169. The molecule has 0 saturated carbocycles. The average Bonchev–Trinajstić information content (AvgIpc) is 3.90. The number of para-hydroxylation sites is 1. The summed E-state index contributed by atoms with van der Waals surface area (Å²) in [4.78, 5) is 11.1. The molecule has 0 fully saturated rings. The summed E-state index contributed by atoms with van der Waals surface area (Å²) in [7, 11) is 0. The van der Waals surface area contributed by atoms with Crippen molar-refractivity contribution >= 4 is 87.2 Å². The topological polar surface area (TPSA) is 48.8 Å². The fourth-order valence-corrected chi connectivity index (χ4v) is 10.6. The number of benzene rings is 8. The molecule has 5 heteroatoms. The van der Waals surface area contributed by atoms with Crippen LogP contribution in [0.1, 0.15) is 17.5 Å². The van der Waals surface area contributed by atoms with Crippen molar-refractivity contribution in [3.63, 3.8) is 0 Å². The molecule has 0 spiro atoms. The maximum atomic E-state index is 6.67. The van der Waals surface area contributed by atoms with E-state index in [1.165, 1.54) is 60.0 Å². The summed E-state index contributed by atoms with van der Waals surface area (Å²) in [6.07, 6.45) is 9.09. The highest BCUT2D eigenvalue weighted by atomic mass is 16.3. The van der Waals surface area contributed by atoms with Crippen molar-refractivity contribution in [1.82, 2.24) is 19.1 Å². The number of hydrogen-bond donors (Lipinski definition) is 0. The van der Waals surface area contributed by atoms with Crippen molar-refractivity contribution in [2.24, 2.45) is 0 Å². The van der Waals surface area contributed by atoms with Crippen molar-refractivity contribution in [3.8, 4) is 28.3 Å². The Labute approximate surface area is 325 Å². The Bertz CT molecular complexity index is 3710. The molecule has 0 saturated heterocycles. The molecule has 12 aromatic rings. The molecule has 4 aromatic heterocycles. The summed E-state index contributed by atoms with van der Waals surface area (Å²) in [6, 6.07) is 52.5. The first-order valence-corrected chi connectivity index (χ1v) is 19.7. The van der Waals surface area contributed by atoms with Gasteiger partial charge in [0.1, 0.15) is 11.2 Å². The van der Waals surface area contributed by atoms with Crippen LogP contribution in [0.2, 0.25) is 0 Å². The monoisotopic (exact) mass is 726 g/mol. The second-order valence-corrected chi connectivity index (χ2v) is 15.6. The van der Waals surface area contributed by atoms with E-state index >= 15 is 0 Å². The van der Waals surface area contributed by atoms with Gasteiger partial charge in [-0.1, -0.05) is 133 Å². The summed E-state index contributed by atoms with van der Waals surface area (Å²) in [5.41, 5.74) is 13.2. The number of nitrogens with zero attached hydrogens (tertiary/aromatic N) is 4. The second kappa shape index (κ2) is 10.6. The fourth-order valence-electron chi connectivity index (χ4n) is 10.6. The minimum atomic E-state index is 0.169. The third-order valence-corrected chi connectivity index (χ3v) is 12.8. The maximum Gasteiger partial charge on any atom is 0.235 e. The number of aromatic nitrogens is 4. The van der Waals surface area contributed by atoms with Crippen molar-refractivity contribution in [1.29, 1.82) is 0 Å². The van der Waals surface area contributed by atoms with Gasteiger partial charge in [0.15, 0.2) is 0 Å². The molecule has 264 valence electrons. The van der Waals surface area contributed by atoms with Crippen LogP contribution in [0.15, 0.2) is 174 Å². The first-order valence-electron chi connectivity index (χ1n) is 19.7. The van der Waals surface area contributed by atoms with E-state index in [1.54, 1.807) is 0 Å². The third-order valence-electron chi connectivity index (χ3n) is 12.8. The molecule has 0 radical (unpaired) electrons. The van der Waals surface area contributed by atoms with Gasteiger partial charge >= 0.3 is 0 Å². The molecule has 57 heavy (non-hydrogen) atoms. The molecule has 1 aliphatic heterocycles. The van der Waals surface area contributed by atoms with Crippen molar-refractivity contribution < 1.29 is 4.42 Å². The van der Waals surface area contributed by atoms with E-state index in [0.717, 1.165) is 55.1 Å². The summed E-state index contributed by atoms with van der Waals surface area (Å²) >= 11 is 0. The highest BCUT2D eigenvalue weighted by Gasteiger charge is 2.36. The van der Waals surface area contributed by atoms with Crippen LogP contribution in [0, 0.1) is 0 Å². The van der Waals surface area contributed by atoms with E-state index < -0.39 is 0 Å². The summed E-state index contributed by atoms with van der Waals surface area (Å²) in [6.45, 7) is 0. The highest BCUT2D eigenvalue weighted by molar-refractivity contribution is 6.34. The molecule has 14 rings (SSSR count). The van der Waals surface area contributed by atoms with Crippen LogP contribution in [0.4, 0.5) is 0 Å².